The molecule has 0 aliphatic carbocycles. The van der Waals surface area contributed by atoms with Crippen LogP contribution < -0.4 is 5.73 Å². The van der Waals surface area contributed by atoms with Crippen molar-refractivity contribution in [1.29, 1.82) is 0 Å². The number of hydrogen-bond acceptors (Lipinski definition) is 9. The number of rotatable bonds is 27. The largest absolute Gasteiger partial charge is 0.480 e. The lowest BCUT2D eigenvalue weighted by molar-refractivity contribution is -0.161. The van der Waals surface area contributed by atoms with Crippen LogP contribution in [0.1, 0.15) is 90.9 Å². The first-order chi connectivity index (χ1) is 21.1. The Kier molecular flexibility index (Phi) is 25.9. The minimum Gasteiger partial charge on any atom is -0.480 e. The first-order valence-electron chi connectivity index (χ1n) is 15.4. The van der Waals surface area contributed by atoms with Crippen LogP contribution in [0.5, 0.6) is 0 Å². The van der Waals surface area contributed by atoms with E-state index < -0.39 is 51.1 Å². The molecule has 0 aromatic heterocycles. The van der Waals surface area contributed by atoms with Gasteiger partial charge in [0.25, 0.3) is 0 Å². The molecule has 0 rings (SSSR count). The van der Waals surface area contributed by atoms with Crippen LogP contribution in [-0.2, 0) is 37.5 Å². The van der Waals surface area contributed by atoms with Gasteiger partial charge in [-0.1, -0.05) is 93.9 Å². The summed E-state index contributed by atoms with van der Waals surface area (Å²) in [6.45, 7) is 2.43. The van der Waals surface area contributed by atoms with Crippen molar-refractivity contribution < 1.29 is 47.5 Å². The highest BCUT2D eigenvalue weighted by atomic mass is 31.2. The Labute approximate surface area is 262 Å². The molecule has 0 heterocycles. The Bertz CT molecular complexity index is 990. The molecule has 0 bridgehead atoms. The van der Waals surface area contributed by atoms with Gasteiger partial charge in [0.1, 0.15) is 12.6 Å². The number of aliphatic carboxylic acids is 1. The molecule has 12 heteroatoms. The average Bonchev–Trinajstić information content (AvgIpc) is 2.99. The summed E-state index contributed by atoms with van der Waals surface area (Å²) < 4.78 is 32.2. The maximum atomic E-state index is 12.4. The summed E-state index contributed by atoms with van der Waals surface area (Å²) in [7, 11) is -4.72. The molecule has 0 spiro atoms. The normalized spacial score (nSPS) is 15.0. The average molecular weight is 642 g/mol. The van der Waals surface area contributed by atoms with Crippen molar-refractivity contribution in [1.82, 2.24) is 0 Å². The molecular weight excluding hydrogens is 589 g/mol. The number of phosphoric ester groups is 1. The molecule has 4 N–H and O–H groups in total. The molecular formula is C32H52NO10P. The highest BCUT2D eigenvalue weighted by Gasteiger charge is 2.28. The van der Waals surface area contributed by atoms with E-state index in [0.29, 0.717) is 12.8 Å². The number of carbonyl (C=O) groups is 3. The first-order valence-corrected chi connectivity index (χ1v) is 16.9. The predicted octanol–water partition coefficient (Wildman–Crippen LogP) is 6.49. The molecule has 0 fully saturated rings. The van der Waals surface area contributed by atoms with Crippen LogP contribution in [0.2, 0.25) is 0 Å². The lowest BCUT2D eigenvalue weighted by Crippen LogP contribution is -2.34. The molecule has 0 aliphatic heterocycles. The van der Waals surface area contributed by atoms with Gasteiger partial charge in [-0.05, 0) is 44.9 Å². The van der Waals surface area contributed by atoms with E-state index in [1.165, 1.54) is 0 Å². The van der Waals surface area contributed by atoms with Crippen LogP contribution in [0.4, 0.5) is 0 Å². The van der Waals surface area contributed by atoms with Gasteiger partial charge in [-0.2, -0.15) is 0 Å². The summed E-state index contributed by atoms with van der Waals surface area (Å²) >= 11 is 0. The van der Waals surface area contributed by atoms with Crippen LogP contribution in [0.25, 0.3) is 0 Å². The number of carboxylic acid groups (broad SMARTS) is 1. The van der Waals surface area contributed by atoms with Crippen molar-refractivity contribution in [2.75, 3.05) is 19.8 Å². The zero-order valence-electron chi connectivity index (χ0n) is 26.2. The Balaban J connectivity index is 4.68. The number of ether oxygens (including phenoxy) is 2. The maximum Gasteiger partial charge on any atom is 0.472 e. The number of phosphoric acid groups is 1. The third-order valence-electron chi connectivity index (χ3n) is 5.86. The SMILES string of the molecule is CC/C=C/C=C/C=C/C=C/CCCCCC(=O)OC(COC(=O)CC/C=C/CCCCC)COP(=O)(O)OC[C@H](N)C(=O)O. The van der Waals surface area contributed by atoms with Crippen LogP contribution in [0, 0.1) is 0 Å². The van der Waals surface area contributed by atoms with E-state index in [1.807, 2.05) is 54.7 Å². The van der Waals surface area contributed by atoms with E-state index in [9.17, 15) is 23.8 Å². The van der Waals surface area contributed by atoms with Gasteiger partial charge in [-0.25, -0.2) is 4.57 Å². The summed E-state index contributed by atoms with van der Waals surface area (Å²) in [4.78, 5) is 45.3. The number of carbonyl (C=O) groups excluding carboxylic acids is 2. The van der Waals surface area contributed by atoms with Gasteiger partial charge in [-0.15, -0.1) is 0 Å². The number of esters is 2. The molecule has 3 atom stereocenters. The summed E-state index contributed by atoms with van der Waals surface area (Å²) in [6, 6.07) is -1.53. The molecule has 11 nitrogen and oxygen atoms in total. The second kappa shape index (κ2) is 27.7. The lowest BCUT2D eigenvalue weighted by Gasteiger charge is -2.20. The monoisotopic (exact) mass is 641 g/mol. The van der Waals surface area contributed by atoms with E-state index in [2.05, 4.69) is 24.4 Å². The Morgan fingerprint density at radius 3 is 2.02 bits per heavy atom. The van der Waals surface area contributed by atoms with E-state index in [-0.39, 0.29) is 19.4 Å². The van der Waals surface area contributed by atoms with Gasteiger partial charge in [0, 0.05) is 12.8 Å². The molecule has 0 radical (unpaired) electrons. The van der Waals surface area contributed by atoms with Crippen LogP contribution in [-0.4, -0.2) is 59.9 Å². The first kappa shape index (κ1) is 41.2. The Morgan fingerprint density at radius 2 is 1.34 bits per heavy atom. The van der Waals surface area contributed by atoms with Gasteiger partial charge in [0.05, 0.1) is 13.2 Å². The van der Waals surface area contributed by atoms with Crippen molar-refractivity contribution in [2.45, 2.75) is 103 Å². The number of allylic oxidation sites excluding steroid dienone is 10. The van der Waals surface area contributed by atoms with Gasteiger partial charge in [0.2, 0.25) is 0 Å². The van der Waals surface area contributed by atoms with E-state index in [4.69, 9.17) is 24.8 Å². The second-order valence-corrected chi connectivity index (χ2v) is 11.4. The van der Waals surface area contributed by atoms with Gasteiger partial charge in [0.15, 0.2) is 6.10 Å². The van der Waals surface area contributed by atoms with Gasteiger partial charge in [-0.3, -0.25) is 23.4 Å². The highest BCUT2D eigenvalue weighted by Crippen LogP contribution is 2.43. The molecule has 0 aliphatic rings. The molecule has 0 aromatic carbocycles. The van der Waals surface area contributed by atoms with E-state index >= 15 is 0 Å². The number of unbranched alkanes of at least 4 members (excludes halogenated alkanes) is 6. The van der Waals surface area contributed by atoms with Crippen LogP contribution in [0.3, 0.4) is 0 Å². The van der Waals surface area contributed by atoms with E-state index in [0.717, 1.165) is 51.4 Å². The minimum absolute atomic E-state index is 0.105. The molecule has 0 amide bonds. The van der Waals surface area contributed by atoms with Crippen molar-refractivity contribution in [2.24, 2.45) is 5.73 Å². The zero-order chi connectivity index (χ0) is 32.9. The fourth-order valence-electron chi connectivity index (χ4n) is 3.38. The van der Waals surface area contributed by atoms with Crippen molar-refractivity contribution in [3.63, 3.8) is 0 Å². The fourth-order valence-corrected chi connectivity index (χ4v) is 4.16. The van der Waals surface area contributed by atoms with E-state index in [1.54, 1.807) is 0 Å². The number of carboxylic acids is 1. The summed E-state index contributed by atoms with van der Waals surface area (Å²) in [6.07, 6.45) is 27.8. The zero-order valence-corrected chi connectivity index (χ0v) is 27.1. The minimum atomic E-state index is -4.72. The fraction of sp³-hybridized carbons (Fsp3) is 0.594. The van der Waals surface area contributed by atoms with Gasteiger partial charge >= 0.3 is 25.7 Å². The second-order valence-electron chi connectivity index (χ2n) is 9.94. The Hall–Kier alpha value is -2.82. The van der Waals surface area contributed by atoms with Crippen LogP contribution >= 0.6 is 7.82 Å². The van der Waals surface area contributed by atoms with Gasteiger partial charge < -0.3 is 25.2 Å². The summed E-state index contributed by atoms with van der Waals surface area (Å²) in [5, 5.41) is 8.80. The third kappa shape index (κ3) is 26.8. The Morgan fingerprint density at radius 1 is 0.727 bits per heavy atom. The molecule has 250 valence electrons. The summed E-state index contributed by atoms with van der Waals surface area (Å²) in [5.74, 6) is -2.52. The maximum absolute atomic E-state index is 12.4. The molecule has 0 saturated heterocycles. The predicted molar refractivity (Wildman–Crippen MR) is 171 cm³/mol. The molecule has 0 aromatic rings. The van der Waals surface area contributed by atoms with Crippen molar-refractivity contribution >= 4 is 25.7 Å². The third-order valence-corrected chi connectivity index (χ3v) is 6.81. The summed E-state index contributed by atoms with van der Waals surface area (Å²) in [5.41, 5.74) is 5.27. The highest BCUT2D eigenvalue weighted by molar-refractivity contribution is 7.47. The quantitative estimate of drug-likeness (QED) is 0.0294. The molecule has 0 saturated carbocycles. The lowest BCUT2D eigenvalue weighted by atomic mass is 10.1. The van der Waals surface area contributed by atoms with Crippen molar-refractivity contribution in [3.05, 3.63) is 60.8 Å². The number of nitrogens with two attached hydrogens (primary N) is 1. The number of hydrogen-bond donors (Lipinski definition) is 3. The smallest absolute Gasteiger partial charge is 0.472 e. The standard InChI is InChI=1S/C32H52NO10P/c1-3-5-7-9-11-12-13-14-15-16-18-20-22-24-31(35)43-28(26-41-44(38,39)42-27-29(33)32(36)37)25-40-30(34)23-21-19-17-10-8-6-4-2/h5,7,9,11-15,17,19,28-29H,3-4,6,8,10,16,18,20-27,33H2,1-2H3,(H,36,37)(H,38,39)/b7-5+,11-9+,13-12+,15-14+,19-17+/t28?,29-/m0/s1. The van der Waals surface area contributed by atoms with Crippen molar-refractivity contribution in [3.8, 4) is 0 Å². The topological polar surface area (TPSA) is 172 Å². The molecule has 44 heavy (non-hydrogen) atoms. The van der Waals surface area contributed by atoms with Crippen LogP contribution in [0.15, 0.2) is 60.8 Å². The molecule has 2 unspecified atom stereocenters.